The number of rotatable bonds is 2. The normalized spacial score (nSPS) is 14.6. The number of nitriles is 1. The molecule has 0 unspecified atom stereocenters. The molecule has 0 spiro atoms. The van der Waals surface area contributed by atoms with Crippen molar-refractivity contribution in [1.29, 1.82) is 5.26 Å². The minimum atomic E-state index is 0.708. The Hall–Kier alpha value is -3.06. The molecular weight excluding hydrogens is 296 g/mol. The smallest absolute Gasteiger partial charge is 0.0991 e. The van der Waals surface area contributed by atoms with Crippen molar-refractivity contribution in [1.82, 2.24) is 4.98 Å². The van der Waals surface area contributed by atoms with Crippen LogP contribution in [0, 0.1) is 11.3 Å². The summed E-state index contributed by atoms with van der Waals surface area (Å²) in [7, 11) is 0. The van der Waals surface area contributed by atoms with Crippen molar-refractivity contribution in [2.24, 2.45) is 0 Å². The van der Waals surface area contributed by atoms with Crippen molar-refractivity contribution in [3.63, 3.8) is 0 Å². The Morgan fingerprint density at radius 3 is 2.29 bits per heavy atom. The Morgan fingerprint density at radius 2 is 1.54 bits per heavy atom. The predicted octanol–water partition coefficient (Wildman–Crippen LogP) is 3.43. The third-order valence-corrected chi connectivity index (χ3v) is 4.63. The second-order valence-electron chi connectivity index (χ2n) is 6.01. The van der Waals surface area contributed by atoms with Crippen LogP contribution in [0.2, 0.25) is 0 Å². The molecule has 1 fully saturated rings. The first kappa shape index (κ1) is 14.5. The summed E-state index contributed by atoms with van der Waals surface area (Å²) >= 11 is 0. The van der Waals surface area contributed by atoms with Gasteiger partial charge < -0.3 is 9.80 Å². The first-order chi connectivity index (χ1) is 11.8. The lowest BCUT2D eigenvalue weighted by Gasteiger charge is -2.37. The van der Waals surface area contributed by atoms with Gasteiger partial charge in [0.2, 0.25) is 0 Å². The van der Waals surface area contributed by atoms with Crippen LogP contribution in [-0.2, 0) is 0 Å². The molecule has 2 aromatic carbocycles. The van der Waals surface area contributed by atoms with Gasteiger partial charge in [-0.3, -0.25) is 4.98 Å². The van der Waals surface area contributed by atoms with Crippen molar-refractivity contribution >= 4 is 22.1 Å². The van der Waals surface area contributed by atoms with Crippen LogP contribution in [0.5, 0.6) is 0 Å². The molecule has 0 bridgehead atoms. The zero-order chi connectivity index (χ0) is 16.4. The van der Waals surface area contributed by atoms with Gasteiger partial charge in [-0.05, 0) is 24.3 Å². The van der Waals surface area contributed by atoms with Crippen LogP contribution < -0.4 is 9.80 Å². The standard InChI is InChI=1S/C20H18N4/c21-13-16-5-7-18(8-6-16)23-9-11-24(12-10-23)20-15-22-14-17-3-1-2-4-19(17)20/h1-8,14-15H,9-12H2. The number of piperazine rings is 1. The molecule has 118 valence electrons. The Morgan fingerprint density at radius 1 is 0.833 bits per heavy atom. The van der Waals surface area contributed by atoms with Gasteiger partial charge in [-0.1, -0.05) is 24.3 Å². The van der Waals surface area contributed by atoms with Crippen LogP contribution in [0.3, 0.4) is 0 Å². The van der Waals surface area contributed by atoms with E-state index in [1.807, 2.05) is 36.7 Å². The van der Waals surface area contributed by atoms with E-state index in [0.29, 0.717) is 5.56 Å². The summed E-state index contributed by atoms with van der Waals surface area (Å²) in [6.45, 7) is 3.87. The topological polar surface area (TPSA) is 43.2 Å². The van der Waals surface area contributed by atoms with Gasteiger partial charge in [0.1, 0.15) is 0 Å². The highest BCUT2D eigenvalue weighted by Gasteiger charge is 2.19. The van der Waals surface area contributed by atoms with Gasteiger partial charge in [-0.25, -0.2) is 0 Å². The highest BCUT2D eigenvalue weighted by atomic mass is 15.3. The number of nitrogens with zero attached hydrogens (tertiary/aromatic N) is 4. The van der Waals surface area contributed by atoms with E-state index < -0.39 is 0 Å². The van der Waals surface area contributed by atoms with E-state index in [-0.39, 0.29) is 0 Å². The SMILES string of the molecule is N#Cc1ccc(N2CCN(c3cncc4ccccc34)CC2)cc1. The Bertz CT molecular complexity index is 882. The molecule has 1 aliphatic heterocycles. The van der Waals surface area contributed by atoms with Crippen molar-refractivity contribution in [2.45, 2.75) is 0 Å². The predicted molar refractivity (Wildman–Crippen MR) is 97.3 cm³/mol. The molecule has 0 aliphatic carbocycles. The molecule has 0 atom stereocenters. The second kappa shape index (κ2) is 6.21. The molecular formula is C20H18N4. The number of hydrogen-bond acceptors (Lipinski definition) is 4. The van der Waals surface area contributed by atoms with Crippen LogP contribution in [0.15, 0.2) is 60.9 Å². The number of hydrogen-bond donors (Lipinski definition) is 0. The summed E-state index contributed by atoms with van der Waals surface area (Å²) in [5.41, 5.74) is 3.11. The second-order valence-corrected chi connectivity index (χ2v) is 6.01. The summed E-state index contributed by atoms with van der Waals surface area (Å²) in [5.74, 6) is 0. The van der Waals surface area contributed by atoms with Gasteiger partial charge in [-0.15, -0.1) is 0 Å². The molecule has 0 amide bonds. The Labute approximate surface area is 141 Å². The molecule has 3 aromatic rings. The quantitative estimate of drug-likeness (QED) is 0.727. The van der Waals surface area contributed by atoms with Crippen molar-refractivity contribution in [3.8, 4) is 6.07 Å². The van der Waals surface area contributed by atoms with Gasteiger partial charge in [-0.2, -0.15) is 5.26 Å². The summed E-state index contributed by atoms with van der Waals surface area (Å²) in [5, 5.41) is 11.4. The van der Waals surface area contributed by atoms with Crippen LogP contribution in [0.1, 0.15) is 5.56 Å². The number of fused-ring (bicyclic) bond motifs is 1. The minimum absolute atomic E-state index is 0.708. The van der Waals surface area contributed by atoms with Gasteiger partial charge in [0.15, 0.2) is 0 Å². The maximum absolute atomic E-state index is 8.91. The van der Waals surface area contributed by atoms with Crippen LogP contribution in [0.25, 0.3) is 10.8 Å². The fourth-order valence-corrected chi connectivity index (χ4v) is 3.30. The zero-order valence-corrected chi connectivity index (χ0v) is 13.4. The number of anilines is 2. The molecule has 4 heteroatoms. The summed E-state index contributed by atoms with van der Waals surface area (Å²) in [6, 6.07) is 18.4. The Balaban J connectivity index is 1.52. The van der Waals surface area contributed by atoms with Crippen LogP contribution in [0.4, 0.5) is 11.4 Å². The Kier molecular flexibility index (Phi) is 3.76. The monoisotopic (exact) mass is 314 g/mol. The maximum Gasteiger partial charge on any atom is 0.0991 e. The molecule has 0 N–H and O–H groups in total. The van der Waals surface area contributed by atoms with E-state index in [1.165, 1.54) is 22.1 Å². The van der Waals surface area contributed by atoms with Crippen LogP contribution in [-0.4, -0.2) is 31.2 Å². The largest absolute Gasteiger partial charge is 0.368 e. The average Bonchev–Trinajstić information content (AvgIpc) is 2.68. The van der Waals surface area contributed by atoms with Crippen molar-refractivity contribution < 1.29 is 0 Å². The lowest BCUT2D eigenvalue weighted by Crippen LogP contribution is -2.46. The lowest BCUT2D eigenvalue weighted by molar-refractivity contribution is 0.654. The number of benzene rings is 2. The highest BCUT2D eigenvalue weighted by Crippen LogP contribution is 2.27. The molecule has 0 saturated carbocycles. The third kappa shape index (κ3) is 2.65. The van der Waals surface area contributed by atoms with E-state index in [0.717, 1.165) is 26.2 Å². The van der Waals surface area contributed by atoms with Gasteiger partial charge in [0.25, 0.3) is 0 Å². The van der Waals surface area contributed by atoms with Crippen molar-refractivity contribution in [2.75, 3.05) is 36.0 Å². The van der Waals surface area contributed by atoms with Crippen LogP contribution >= 0.6 is 0 Å². The van der Waals surface area contributed by atoms with E-state index in [9.17, 15) is 0 Å². The molecule has 2 heterocycles. The summed E-state index contributed by atoms with van der Waals surface area (Å²) in [6.07, 6.45) is 3.89. The first-order valence-corrected chi connectivity index (χ1v) is 8.18. The molecule has 1 saturated heterocycles. The summed E-state index contributed by atoms with van der Waals surface area (Å²) in [4.78, 5) is 9.18. The van der Waals surface area contributed by atoms with E-state index in [2.05, 4.69) is 45.1 Å². The fourth-order valence-electron chi connectivity index (χ4n) is 3.30. The number of pyridine rings is 1. The third-order valence-electron chi connectivity index (χ3n) is 4.63. The first-order valence-electron chi connectivity index (χ1n) is 8.18. The van der Waals surface area contributed by atoms with Gasteiger partial charge >= 0.3 is 0 Å². The average molecular weight is 314 g/mol. The van der Waals surface area contributed by atoms with E-state index in [1.54, 1.807) is 0 Å². The maximum atomic E-state index is 8.91. The van der Waals surface area contributed by atoms with Gasteiger partial charge in [0.05, 0.1) is 23.5 Å². The highest BCUT2D eigenvalue weighted by molar-refractivity contribution is 5.93. The number of aromatic nitrogens is 1. The molecule has 4 rings (SSSR count). The lowest BCUT2D eigenvalue weighted by atomic mass is 10.1. The zero-order valence-electron chi connectivity index (χ0n) is 13.4. The molecule has 24 heavy (non-hydrogen) atoms. The molecule has 1 aromatic heterocycles. The van der Waals surface area contributed by atoms with E-state index in [4.69, 9.17) is 5.26 Å². The summed E-state index contributed by atoms with van der Waals surface area (Å²) < 4.78 is 0. The molecule has 1 aliphatic rings. The fraction of sp³-hybridized carbons (Fsp3) is 0.200. The van der Waals surface area contributed by atoms with E-state index >= 15 is 0 Å². The van der Waals surface area contributed by atoms with Gasteiger partial charge in [0, 0.05) is 48.8 Å². The van der Waals surface area contributed by atoms with Crippen molar-refractivity contribution in [3.05, 3.63) is 66.5 Å². The molecule has 4 nitrogen and oxygen atoms in total. The minimum Gasteiger partial charge on any atom is -0.368 e. The molecule has 0 radical (unpaired) electrons.